The fourth-order valence-corrected chi connectivity index (χ4v) is 4.31. The van der Waals surface area contributed by atoms with Crippen molar-refractivity contribution in [2.45, 2.75) is 25.7 Å². The minimum atomic E-state index is -0.910. The Morgan fingerprint density at radius 3 is 2.60 bits per heavy atom. The standard InChI is InChI=1S/C17H16Cl2N2O3S/c18-9-5-6-12(13(19)7-9)14-8-25-17(20-14)21-15(22)10-3-1-2-4-11(10)16(23)24/h5-8,10-11H,1-4H2,(H,23,24)(H,20,21,22)/t10-,11-/m0/s1. The van der Waals surface area contributed by atoms with Crippen molar-refractivity contribution in [2.75, 3.05) is 5.32 Å². The van der Waals surface area contributed by atoms with Gasteiger partial charge < -0.3 is 10.4 Å². The first-order valence-corrected chi connectivity index (χ1v) is 9.54. The second kappa shape index (κ2) is 7.72. The SMILES string of the molecule is O=C(O)[C@H]1CCCC[C@@H]1C(=O)Nc1nc(-c2ccc(Cl)cc2Cl)cs1. The molecule has 0 spiro atoms. The lowest BCUT2D eigenvalue weighted by atomic mass is 9.79. The van der Waals surface area contributed by atoms with Crippen molar-refractivity contribution in [1.29, 1.82) is 0 Å². The smallest absolute Gasteiger partial charge is 0.307 e. The summed E-state index contributed by atoms with van der Waals surface area (Å²) in [5.41, 5.74) is 1.37. The van der Waals surface area contributed by atoms with Crippen LogP contribution in [-0.2, 0) is 9.59 Å². The normalized spacial score (nSPS) is 20.2. The number of amides is 1. The molecular formula is C17H16Cl2N2O3S. The van der Waals surface area contributed by atoms with Crippen LogP contribution in [0.2, 0.25) is 10.0 Å². The Hall–Kier alpha value is -1.63. The van der Waals surface area contributed by atoms with Gasteiger partial charge in [0.05, 0.1) is 22.6 Å². The summed E-state index contributed by atoms with van der Waals surface area (Å²) in [7, 11) is 0. The highest BCUT2D eigenvalue weighted by Gasteiger charge is 2.36. The molecule has 2 atom stereocenters. The second-order valence-corrected chi connectivity index (χ2v) is 7.69. The Morgan fingerprint density at radius 2 is 1.92 bits per heavy atom. The zero-order valence-electron chi connectivity index (χ0n) is 13.2. The lowest BCUT2D eigenvalue weighted by molar-refractivity contribution is -0.147. The van der Waals surface area contributed by atoms with Crippen LogP contribution in [0, 0.1) is 11.8 Å². The third kappa shape index (κ3) is 4.14. The minimum absolute atomic E-state index is 0.282. The van der Waals surface area contributed by atoms with Gasteiger partial charge in [0, 0.05) is 16.0 Å². The number of nitrogens with zero attached hydrogens (tertiary/aromatic N) is 1. The predicted octanol–water partition coefficient (Wildman–Crippen LogP) is 4.95. The number of carboxylic acids is 1. The molecule has 1 fully saturated rings. The Balaban J connectivity index is 1.74. The van der Waals surface area contributed by atoms with E-state index in [0.29, 0.717) is 33.7 Å². The van der Waals surface area contributed by atoms with Gasteiger partial charge >= 0.3 is 5.97 Å². The average Bonchev–Trinajstić information content (AvgIpc) is 3.02. The summed E-state index contributed by atoms with van der Waals surface area (Å²) in [6, 6.07) is 5.13. The molecule has 1 aromatic heterocycles. The number of carbonyl (C=O) groups excluding carboxylic acids is 1. The highest BCUT2D eigenvalue weighted by molar-refractivity contribution is 7.14. The Morgan fingerprint density at radius 1 is 1.20 bits per heavy atom. The molecule has 3 rings (SSSR count). The summed E-state index contributed by atoms with van der Waals surface area (Å²) >= 11 is 13.4. The summed E-state index contributed by atoms with van der Waals surface area (Å²) in [6.07, 6.45) is 2.84. The molecule has 0 bridgehead atoms. The maximum absolute atomic E-state index is 12.5. The van der Waals surface area contributed by atoms with E-state index < -0.39 is 17.8 Å². The number of hydrogen-bond acceptors (Lipinski definition) is 4. The molecule has 1 heterocycles. The van der Waals surface area contributed by atoms with Gasteiger partial charge in [-0.2, -0.15) is 0 Å². The van der Waals surface area contributed by atoms with E-state index in [1.807, 2.05) is 0 Å². The van der Waals surface area contributed by atoms with E-state index >= 15 is 0 Å². The molecule has 132 valence electrons. The second-order valence-electron chi connectivity index (χ2n) is 5.99. The number of rotatable bonds is 4. The van der Waals surface area contributed by atoms with Crippen molar-refractivity contribution in [3.8, 4) is 11.3 Å². The van der Waals surface area contributed by atoms with Crippen LogP contribution in [0.5, 0.6) is 0 Å². The topological polar surface area (TPSA) is 79.3 Å². The Bertz CT molecular complexity index is 809. The predicted molar refractivity (Wildman–Crippen MR) is 99.3 cm³/mol. The van der Waals surface area contributed by atoms with Crippen LogP contribution in [0.1, 0.15) is 25.7 Å². The third-order valence-corrected chi connectivity index (χ3v) is 5.67. The first-order valence-electron chi connectivity index (χ1n) is 7.90. The molecule has 0 radical (unpaired) electrons. The van der Waals surface area contributed by atoms with Crippen LogP contribution >= 0.6 is 34.5 Å². The Labute approximate surface area is 159 Å². The maximum atomic E-state index is 12.5. The molecular weight excluding hydrogens is 383 g/mol. The van der Waals surface area contributed by atoms with E-state index in [1.165, 1.54) is 11.3 Å². The largest absolute Gasteiger partial charge is 0.481 e. The lowest BCUT2D eigenvalue weighted by Crippen LogP contribution is -2.36. The number of halogens is 2. The molecule has 25 heavy (non-hydrogen) atoms. The number of carbonyl (C=O) groups is 2. The molecule has 1 amide bonds. The number of aliphatic carboxylic acids is 1. The van der Waals surface area contributed by atoms with Gasteiger partial charge in [0.15, 0.2) is 5.13 Å². The summed E-state index contributed by atoms with van der Waals surface area (Å²) in [6.45, 7) is 0. The molecule has 1 aromatic carbocycles. The van der Waals surface area contributed by atoms with Crippen LogP contribution in [0.25, 0.3) is 11.3 Å². The number of hydrogen-bond donors (Lipinski definition) is 2. The zero-order valence-corrected chi connectivity index (χ0v) is 15.5. The zero-order chi connectivity index (χ0) is 18.0. The van der Waals surface area contributed by atoms with E-state index in [1.54, 1.807) is 23.6 Å². The lowest BCUT2D eigenvalue weighted by Gasteiger charge is -2.26. The van der Waals surface area contributed by atoms with Crippen LogP contribution in [0.3, 0.4) is 0 Å². The highest BCUT2D eigenvalue weighted by atomic mass is 35.5. The quantitative estimate of drug-likeness (QED) is 0.763. The molecule has 1 aliphatic rings. The summed E-state index contributed by atoms with van der Waals surface area (Å²) < 4.78 is 0. The minimum Gasteiger partial charge on any atom is -0.481 e. The summed E-state index contributed by atoms with van der Waals surface area (Å²) in [5, 5.41) is 15.3. The third-order valence-electron chi connectivity index (χ3n) is 4.36. The summed E-state index contributed by atoms with van der Waals surface area (Å²) in [4.78, 5) is 28.2. The van der Waals surface area contributed by atoms with Crippen LogP contribution in [0.15, 0.2) is 23.6 Å². The van der Waals surface area contributed by atoms with E-state index in [2.05, 4.69) is 10.3 Å². The monoisotopic (exact) mass is 398 g/mol. The number of benzene rings is 1. The van der Waals surface area contributed by atoms with E-state index in [-0.39, 0.29) is 5.91 Å². The van der Waals surface area contributed by atoms with E-state index in [0.717, 1.165) is 18.4 Å². The number of carboxylic acid groups (broad SMARTS) is 1. The molecule has 0 unspecified atom stereocenters. The van der Waals surface area contributed by atoms with Gasteiger partial charge in [0.2, 0.25) is 5.91 Å². The van der Waals surface area contributed by atoms with Crippen LogP contribution in [0.4, 0.5) is 5.13 Å². The summed E-state index contributed by atoms with van der Waals surface area (Å²) in [5.74, 6) is -2.33. The van der Waals surface area contributed by atoms with Crippen LogP contribution in [-0.4, -0.2) is 22.0 Å². The van der Waals surface area contributed by atoms with Crippen molar-refractivity contribution in [3.05, 3.63) is 33.6 Å². The molecule has 0 saturated heterocycles. The van der Waals surface area contributed by atoms with Gasteiger partial charge in [-0.3, -0.25) is 9.59 Å². The number of aromatic nitrogens is 1. The molecule has 2 aromatic rings. The molecule has 8 heteroatoms. The fourth-order valence-electron chi connectivity index (χ4n) is 3.09. The average molecular weight is 399 g/mol. The van der Waals surface area contributed by atoms with Crippen LogP contribution < -0.4 is 5.32 Å². The van der Waals surface area contributed by atoms with Crippen molar-refractivity contribution in [2.24, 2.45) is 11.8 Å². The van der Waals surface area contributed by atoms with Crippen molar-refractivity contribution in [1.82, 2.24) is 4.98 Å². The van der Waals surface area contributed by atoms with Gasteiger partial charge in [-0.05, 0) is 31.0 Å². The molecule has 5 nitrogen and oxygen atoms in total. The molecule has 1 aliphatic carbocycles. The molecule has 0 aliphatic heterocycles. The first-order chi connectivity index (χ1) is 12.0. The molecule has 2 N–H and O–H groups in total. The number of nitrogens with one attached hydrogen (secondary N) is 1. The van der Waals surface area contributed by atoms with E-state index in [4.69, 9.17) is 23.2 Å². The van der Waals surface area contributed by atoms with Crippen molar-refractivity contribution < 1.29 is 14.7 Å². The number of thiazole rings is 1. The van der Waals surface area contributed by atoms with E-state index in [9.17, 15) is 14.7 Å². The molecule has 1 saturated carbocycles. The van der Waals surface area contributed by atoms with Crippen molar-refractivity contribution in [3.63, 3.8) is 0 Å². The van der Waals surface area contributed by atoms with Gasteiger partial charge in [0.1, 0.15) is 0 Å². The van der Waals surface area contributed by atoms with Gasteiger partial charge in [-0.15, -0.1) is 11.3 Å². The van der Waals surface area contributed by atoms with Gasteiger partial charge in [-0.1, -0.05) is 36.0 Å². The van der Waals surface area contributed by atoms with Crippen molar-refractivity contribution >= 4 is 51.5 Å². The first kappa shape index (κ1) is 18.2. The maximum Gasteiger partial charge on any atom is 0.307 e. The fraction of sp³-hybridized carbons (Fsp3) is 0.353. The number of anilines is 1. The Kier molecular flexibility index (Phi) is 5.61. The highest BCUT2D eigenvalue weighted by Crippen LogP contribution is 2.34. The van der Waals surface area contributed by atoms with Gasteiger partial charge in [0.25, 0.3) is 0 Å². The van der Waals surface area contributed by atoms with Gasteiger partial charge in [-0.25, -0.2) is 4.98 Å².